The predicted octanol–water partition coefficient (Wildman–Crippen LogP) is -0.971. The van der Waals surface area contributed by atoms with Gasteiger partial charge in [0.25, 0.3) is 11.8 Å². The van der Waals surface area contributed by atoms with Crippen molar-refractivity contribution in [3.05, 3.63) is 47.5 Å². The number of hydrogen-bond acceptors (Lipinski definition) is 5. The molecule has 2 amide bonds. The summed E-state index contributed by atoms with van der Waals surface area (Å²) in [6, 6.07) is 3.28. The topological polar surface area (TPSA) is 129 Å². The number of carbonyl (C=O) groups excluding carboxylic acids is 2. The molecule has 2 aromatic rings. The number of hydrogen-bond donors (Lipinski definition) is 3. The molecule has 0 saturated heterocycles. The van der Waals surface area contributed by atoms with Crippen LogP contribution in [-0.2, 0) is 6.54 Å². The number of rotatable bonds is 4. The van der Waals surface area contributed by atoms with Crippen LogP contribution < -0.4 is 17.0 Å². The minimum atomic E-state index is -0.533. The van der Waals surface area contributed by atoms with E-state index in [0.29, 0.717) is 23.4 Å². The van der Waals surface area contributed by atoms with Crippen molar-refractivity contribution in [3.8, 4) is 0 Å². The Hall–Kier alpha value is -2.74. The van der Waals surface area contributed by atoms with Gasteiger partial charge in [-0.25, -0.2) is 5.84 Å². The second kappa shape index (κ2) is 5.27. The van der Waals surface area contributed by atoms with E-state index in [2.05, 4.69) is 10.1 Å². The van der Waals surface area contributed by atoms with E-state index in [1.54, 1.807) is 12.1 Å². The third-order valence-electron chi connectivity index (χ3n) is 2.46. The lowest BCUT2D eigenvalue weighted by atomic mass is 10.2. The molecular weight excluding hydrogens is 248 g/mol. The van der Waals surface area contributed by atoms with Gasteiger partial charge in [-0.15, -0.1) is 0 Å². The monoisotopic (exact) mass is 260 g/mol. The number of nitrogens with two attached hydrogens (primary N) is 2. The van der Waals surface area contributed by atoms with Gasteiger partial charge in [-0.05, 0) is 12.1 Å². The molecule has 19 heavy (non-hydrogen) atoms. The molecule has 5 N–H and O–H groups in total. The highest BCUT2D eigenvalue weighted by Gasteiger charge is 2.06. The molecule has 0 aliphatic heterocycles. The lowest BCUT2D eigenvalue weighted by molar-refractivity contribution is 0.0952. The van der Waals surface area contributed by atoms with Crippen LogP contribution in [0.25, 0.3) is 0 Å². The van der Waals surface area contributed by atoms with Crippen molar-refractivity contribution in [2.75, 3.05) is 0 Å². The van der Waals surface area contributed by atoms with Gasteiger partial charge in [0, 0.05) is 12.4 Å². The molecule has 0 spiro atoms. The van der Waals surface area contributed by atoms with Crippen molar-refractivity contribution >= 4 is 11.8 Å². The predicted molar refractivity (Wildman–Crippen MR) is 65.7 cm³/mol. The highest BCUT2D eigenvalue weighted by Crippen LogP contribution is 2.03. The van der Waals surface area contributed by atoms with Crippen molar-refractivity contribution in [2.24, 2.45) is 11.6 Å². The third kappa shape index (κ3) is 2.93. The van der Waals surface area contributed by atoms with E-state index in [1.165, 1.54) is 23.3 Å². The number of hydrazine groups is 1. The van der Waals surface area contributed by atoms with E-state index in [4.69, 9.17) is 11.6 Å². The molecule has 0 radical (unpaired) electrons. The fourth-order valence-corrected chi connectivity index (χ4v) is 1.48. The van der Waals surface area contributed by atoms with Gasteiger partial charge in [-0.2, -0.15) is 5.10 Å². The highest BCUT2D eigenvalue weighted by molar-refractivity contribution is 5.93. The Morgan fingerprint density at radius 1 is 1.26 bits per heavy atom. The van der Waals surface area contributed by atoms with Crippen LogP contribution in [0.3, 0.4) is 0 Å². The SMILES string of the molecule is NNC(=O)c1ccc(Cn2cc(C(N)=O)cn2)nc1. The summed E-state index contributed by atoms with van der Waals surface area (Å²) in [5.41, 5.74) is 8.53. The largest absolute Gasteiger partial charge is 0.366 e. The molecule has 0 aromatic carbocycles. The summed E-state index contributed by atoms with van der Waals surface area (Å²) in [5, 5.41) is 3.98. The van der Waals surface area contributed by atoms with E-state index >= 15 is 0 Å². The van der Waals surface area contributed by atoms with Crippen molar-refractivity contribution in [1.82, 2.24) is 20.2 Å². The summed E-state index contributed by atoms with van der Waals surface area (Å²) < 4.78 is 1.53. The quantitative estimate of drug-likeness (QED) is 0.370. The van der Waals surface area contributed by atoms with Gasteiger partial charge < -0.3 is 5.73 Å². The molecule has 0 atom stereocenters. The van der Waals surface area contributed by atoms with Crippen LogP contribution in [0.15, 0.2) is 30.7 Å². The minimum absolute atomic E-state index is 0.333. The summed E-state index contributed by atoms with van der Waals surface area (Å²) >= 11 is 0. The first-order valence-electron chi connectivity index (χ1n) is 5.38. The van der Waals surface area contributed by atoms with Gasteiger partial charge in [-0.1, -0.05) is 0 Å². The second-order valence-corrected chi connectivity index (χ2v) is 3.80. The van der Waals surface area contributed by atoms with Gasteiger partial charge in [-0.3, -0.25) is 24.7 Å². The molecule has 2 heterocycles. The smallest absolute Gasteiger partial charge is 0.266 e. The normalized spacial score (nSPS) is 10.2. The molecule has 0 saturated carbocycles. The molecule has 0 fully saturated rings. The van der Waals surface area contributed by atoms with Crippen molar-refractivity contribution in [3.63, 3.8) is 0 Å². The number of amides is 2. The molecule has 0 bridgehead atoms. The average Bonchev–Trinajstić information content (AvgIpc) is 2.87. The van der Waals surface area contributed by atoms with Crippen LogP contribution in [0.4, 0.5) is 0 Å². The van der Waals surface area contributed by atoms with E-state index in [-0.39, 0.29) is 0 Å². The number of primary amides is 1. The fourth-order valence-electron chi connectivity index (χ4n) is 1.48. The highest BCUT2D eigenvalue weighted by atomic mass is 16.2. The maximum absolute atomic E-state index is 11.2. The maximum atomic E-state index is 11.2. The lowest BCUT2D eigenvalue weighted by Crippen LogP contribution is -2.30. The van der Waals surface area contributed by atoms with Crippen molar-refractivity contribution in [1.29, 1.82) is 0 Å². The second-order valence-electron chi connectivity index (χ2n) is 3.80. The number of nitrogens with zero attached hydrogens (tertiary/aromatic N) is 3. The van der Waals surface area contributed by atoms with Gasteiger partial charge in [0.1, 0.15) is 0 Å². The molecule has 2 rings (SSSR count). The van der Waals surface area contributed by atoms with Gasteiger partial charge in [0.05, 0.1) is 29.6 Å². The molecule has 2 aromatic heterocycles. The van der Waals surface area contributed by atoms with Crippen LogP contribution >= 0.6 is 0 Å². The summed E-state index contributed by atoms with van der Waals surface area (Å²) in [4.78, 5) is 26.2. The van der Waals surface area contributed by atoms with Crippen LogP contribution in [-0.4, -0.2) is 26.6 Å². The lowest BCUT2D eigenvalue weighted by Gasteiger charge is -2.02. The van der Waals surface area contributed by atoms with E-state index < -0.39 is 11.8 Å². The third-order valence-corrected chi connectivity index (χ3v) is 2.46. The molecule has 98 valence electrons. The summed E-state index contributed by atoms with van der Waals surface area (Å²) in [6.07, 6.45) is 4.33. The summed E-state index contributed by atoms with van der Waals surface area (Å²) in [5.74, 6) is 4.07. The Morgan fingerprint density at radius 3 is 2.58 bits per heavy atom. The van der Waals surface area contributed by atoms with Gasteiger partial charge in [0.15, 0.2) is 0 Å². The van der Waals surface area contributed by atoms with Crippen LogP contribution in [0, 0.1) is 0 Å². The van der Waals surface area contributed by atoms with Crippen LogP contribution in [0.2, 0.25) is 0 Å². The molecule has 0 aliphatic rings. The molecular formula is C11H12N6O2. The number of nitrogens with one attached hydrogen (secondary N) is 1. The first kappa shape index (κ1) is 12.7. The standard InChI is InChI=1S/C11H12N6O2/c12-10(18)8-4-15-17(5-8)6-9-2-1-7(3-14-9)11(19)16-13/h1-5H,6,13H2,(H2,12,18)(H,16,19). The van der Waals surface area contributed by atoms with Crippen LogP contribution in [0.1, 0.15) is 26.4 Å². The first-order chi connectivity index (χ1) is 9.10. The maximum Gasteiger partial charge on any atom is 0.266 e. The Bertz CT molecular complexity index is 604. The average molecular weight is 260 g/mol. The zero-order valence-electron chi connectivity index (χ0n) is 9.91. The molecule has 0 unspecified atom stereocenters. The van der Waals surface area contributed by atoms with Gasteiger partial charge >= 0.3 is 0 Å². The Morgan fingerprint density at radius 2 is 2.05 bits per heavy atom. The van der Waals surface area contributed by atoms with Gasteiger partial charge in [0.2, 0.25) is 0 Å². The number of nitrogen functional groups attached to an aromatic ring is 1. The molecule has 0 aliphatic carbocycles. The Labute approximate surface area is 108 Å². The van der Waals surface area contributed by atoms with Crippen LogP contribution in [0.5, 0.6) is 0 Å². The number of aromatic nitrogens is 3. The van der Waals surface area contributed by atoms with E-state index in [0.717, 1.165) is 0 Å². The number of pyridine rings is 1. The van der Waals surface area contributed by atoms with Crippen molar-refractivity contribution in [2.45, 2.75) is 6.54 Å². The van der Waals surface area contributed by atoms with Crippen molar-refractivity contribution < 1.29 is 9.59 Å². The summed E-state index contributed by atoms with van der Waals surface area (Å²) in [7, 11) is 0. The zero-order valence-corrected chi connectivity index (χ0v) is 9.91. The Balaban J connectivity index is 2.10. The number of carbonyl (C=O) groups is 2. The Kier molecular flexibility index (Phi) is 3.53. The van der Waals surface area contributed by atoms with E-state index in [1.807, 2.05) is 5.43 Å². The first-order valence-corrected chi connectivity index (χ1v) is 5.38. The fraction of sp³-hybridized carbons (Fsp3) is 0.0909. The van der Waals surface area contributed by atoms with E-state index in [9.17, 15) is 9.59 Å². The zero-order chi connectivity index (χ0) is 13.8. The minimum Gasteiger partial charge on any atom is -0.366 e. The molecule has 8 nitrogen and oxygen atoms in total. The summed E-state index contributed by atoms with van der Waals surface area (Å²) in [6.45, 7) is 0.373. The molecule has 8 heteroatoms.